The molecule has 0 radical (unpaired) electrons. The van der Waals surface area contributed by atoms with Gasteiger partial charge in [-0.2, -0.15) is 5.10 Å². The second kappa shape index (κ2) is 13.0. The van der Waals surface area contributed by atoms with Crippen molar-refractivity contribution in [1.82, 2.24) is 14.7 Å². The van der Waals surface area contributed by atoms with Crippen molar-refractivity contribution in [2.75, 3.05) is 44.8 Å². The lowest BCUT2D eigenvalue weighted by Gasteiger charge is -2.26. The van der Waals surface area contributed by atoms with Gasteiger partial charge < -0.3 is 19.1 Å². The second-order valence-corrected chi connectivity index (χ2v) is 8.66. The smallest absolute Gasteiger partial charge is 0.411 e. The van der Waals surface area contributed by atoms with Gasteiger partial charge in [0.25, 0.3) is 5.56 Å². The SMILES string of the molecule is CCOC(=O)Nc1cccc(Cn2nc(-c3cc(F)c(OCCCN4CCOCC4=O)c(F)c3)ccc2=O)c1. The summed E-state index contributed by atoms with van der Waals surface area (Å²) in [5.41, 5.74) is 1.04. The standard InChI is InChI=1S/C27H28F2N4O6/c1-2-38-27(36)30-20-6-3-5-18(13-20)16-33-24(34)8-7-23(31-33)19-14-21(28)26(22(29)15-19)39-11-4-9-32-10-12-37-17-25(32)35/h3,5-8,13-15H,2,4,9-12,16-17H2,1H3,(H,30,36). The van der Waals surface area contributed by atoms with E-state index in [4.69, 9.17) is 14.2 Å². The summed E-state index contributed by atoms with van der Waals surface area (Å²) in [5.74, 6) is -2.47. The molecule has 1 N–H and O–H groups in total. The highest BCUT2D eigenvalue weighted by molar-refractivity contribution is 5.84. The lowest BCUT2D eigenvalue weighted by atomic mass is 10.1. The Kier molecular flexibility index (Phi) is 9.21. The summed E-state index contributed by atoms with van der Waals surface area (Å²) in [6, 6.07) is 11.6. The molecule has 1 aliphatic rings. The zero-order valence-corrected chi connectivity index (χ0v) is 21.3. The number of hydrogen-bond acceptors (Lipinski definition) is 7. The molecule has 0 saturated carbocycles. The topological polar surface area (TPSA) is 112 Å². The van der Waals surface area contributed by atoms with Crippen LogP contribution in [0.1, 0.15) is 18.9 Å². The Labute approximate surface area is 223 Å². The van der Waals surface area contributed by atoms with E-state index in [1.165, 1.54) is 12.1 Å². The summed E-state index contributed by atoms with van der Waals surface area (Å²) in [6.45, 7) is 3.36. The van der Waals surface area contributed by atoms with E-state index >= 15 is 0 Å². The number of rotatable bonds is 10. The van der Waals surface area contributed by atoms with Crippen molar-refractivity contribution in [3.8, 4) is 17.0 Å². The molecule has 206 valence electrons. The van der Waals surface area contributed by atoms with Crippen LogP contribution >= 0.6 is 0 Å². The van der Waals surface area contributed by atoms with Crippen LogP contribution in [0.5, 0.6) is 5.75 Å². The molecule has 0 bridgehead atoms. The monoisotopic (exact) mass is 542 g/mol. The van der Waals surface area contributed by atoms with Gasteiger partial charge in [-0.25, -0.2) is 18.3 Å². The number of nitrogens with one attached hydrogen (secondary N) is 1. The minimum atomic E-state index is -0.912. The molecule has 0 spiro atoms. The Balaban J connectivity index is 1.43. The fraction of sp³-hybridized carbons (Fsp3) is 0.333. The van der Waals surface area contributed by atoms with Crippen LogP contribution in [0.15, 0.2) is 53.3 Å². The number of amides is 2. The van der Waals surface area contributed by atoms with Gasteiger partial charge in [-0.3, -0.25) is 14.9 Å². The van der Waals surface area contributed by atoms with Gasteiger partial charge in [0.2, 0.25) is 5.91 Å². The van der Waals surface area contributed by atoms with Crippen molar-refractivity contribution >= 4 is 17.7 Å². The number of nitrogens with zero attached hydrogens (tertiary/aromatic N) is 3. The van der Waals surface area contributed by atoms with Gasteiger partial charge in [-0.05, 0) is 49.2 Å². The van der Waals surface area contributed by atoms with Crippen LogP contribution in [0.2, 0.25) is 0 Å². The maximum Gasteiger partial charge on any atom is 0.411 e. The molecule has 0 aliphatic carbocycles. The second-order valence-electron chi connectivity index (χ2n) is 8.66. The van der Waals surface area contributed by atoms with E-state index in [-0.39, 0.29) is 43.5 Å². The van der Waals surface area contributed by atoms with Crippen LogP contribution in [0.25, 0.3) is 11.3 Å². The Morgan fingerprint density at radius 1 is 1.13 bits per heavy atom. The van der Waals surface area contributed by atoms with Gasteiger partial charge in [0.05, 0.1) is 32.1 Å². The van der Waals surface area contributed by atoms with Gasteiger partial charge in [-0.1, -0.05) is 12.1 Å². The predicted molar refractivity (Wildman–Crippen MR) is 138 cm³/mol. The number of anilines is 1. The normalized spacial score (nSPS) is 13.3. The van der Waals surface area contributed by atoms with Crippen LogP contribution in [0.4, 0.5) is 19.3 Å². The summed E-state index contributed by atoms with van der Waals surface area (Å²) >= 11 is 0. The molecule has 0 atom stereocenters. The highest BCUT2D eigenvalue weighted by Gasteiger charge is 2.19. The van der Waals surface area contributed by atoms with E-state index in [9.17, 15) is 23.2 Å². The average molecular weight is 543 g/mol. The maximum absolute atomic E-state index is 14.8. The third-order valence-electron chi connectivity index (χ3n) is 5.84. The number of carbonyl (C=O) groups is 2. The molecule has 0 unspecified atom stereocenters. The molecule has 12 heteroatoms. The number of benzene rings is 2. The number of halogens is 2. The van der Waals surface area contributed by atoms with E-state index in [0.717, 1.165) is 16.8 Å². The maximum atomic E-state index is 14.8. The number of carbonyl (C=O) groups excluding carboxylic acids is 2. The molecule has 1 aliphatic heterocycles. The highest BCUT2D eigenvalue weighted by atomic mass is 19.1. The quantitative estimate of drug-likeness (QED) is 0.391. The van der Waals surface area contributed by atoms with Gasteiger partial charge >= 0.3 is 6.09 Å². The Hall–Kier alpha value is -4.32. The fourth-order valence-electron chi connectivity index (χ4n) is 3.98. The molecule has 1 aromatic heterocycles. The van der Waals surface area contributed by atoms with Crippen LogP contribution in [0, 0.1) is 11.6 Å². The van der Waals surface area contributed by atoms with E-state index in [2.05, 4.69) is 10.4 Å². The Morgan fingerprint density at radius 2 is 1.92 bits per heavy atom. The minimum Gasteiger partial charge on any atom is -0.488 e. The van der Waals surface area contributed by atoms with Crippen molar-refractivity contribution in [3.05, 3.63) is 76.1 Å². The molecule has 39 heavy (non-hydrogen) atoms. The van der Waals surface area contributed by atoms with Crippen molar-refractivity contribution in [2.24, 2.45) is 0 Å². The van der Waals surface area contributed by atoms with Gasteiger partial charge in [0.1, 0.15) is 6.61 Å². The summed E-state index contributed by atoms with van der Waals surface area (Å²) < 4.78 is 46.0. The third-order valence-corrected chi connectivity index (χ3v) is 5.84. The first-order valence-electron chi connectivity index (χ1n) is 12.4. The zero-order chi connectivity index (χ0) is 27.8. The summed E-state index contributed by atoms with van der Waals surface area (Å²) in [5, 5.41) is 6.86. The summed E-state index contributed by atoms with van der Waals surface area (Å²) in [7, 11) is 0. The number of ether oxygens (including phenoxy) is 3. The van der Waals surface area contributed by atoms with E-state index < -0.39 is 29.0 Å². The first kappa shape index (κ1) is 27.7. The first-order valence-corrected chi connectivity index (χ1v) is 12.4. The molecule has 2 heterocycles. The van der Waals surface area contributed by atoms with Crippen molar-refractivity contribution < 1.29 is 32.6 Å². The Morgan fingerprint density at radius 3 is 2.67 bits per heavy atom. The molecule has 10 nitrogen and oxygen atoms in total. The van der Waals surface area contributed by atoms with E-state index in [1.54, 1.807) is 36.1 Å². The highest BCUT2D eigenvalue weighted by Crippen LogP contribution is 2.28. The summed E-state index contributed by atoms with van der Waals surface area (Å²) in [6.07, 6.45) is -0.203. The lowest BCUT2D eigenvalue weighted by Crippen LogP contribution is -2.42. The van der Waals surface area contributed by atoms with E-state index in [0.29, 0.717) is 37.4 Å². The van der Waals surface area contributed by atoms with Gasteiger partial charge in [0.15, 0.2) is 17.4 Å². The molecular weight excluding hydrogens is 514 g/mol. The average Bonchev–Trinajstić information content (AvgIpc) is 2.90. The van der Waals surface area contributed by atoms with Gasteiger partial charge in [0, 0.05) is 30.4 Å². The van der Waals surface area contributed by atoms with Crippen LogP contribution in [-0.2, 0) is 20.8 Å². The van der Waals surface area contributed by atoms with E-state index in [1.807, 2.05) is 0 Å². The molecule has 1 saturated heterocycles. The largest absolute Gasteiger partial charge is 0.488 e. The number of morpholine rings is 1. The van der Waals surface area contributed by atoms with Crippen LogP contribution < -0.4 is 15.6 Å². The van der Waals surface area contributed by atoms with Crippen molar-refractivity contribution in [1.29, 1.82) is 0 Å². The first-order chi connectivity index (χ1) is 18.8. The van der Waals surface area contributed by atoms with Crippen molar-refractivity contribution in [2.45, 2.75) is 19.9 Å². The van der Waals surface area contributed by atoms with Crippen LogP contribution in [0.3, 0.4) is 0 Å². The molecule has 4 rings (SSSR count). The molecule has 1 fully saturated rings. The number of aromatic nitrogens is 2. The van der Waals surface area contributed by atoms with Crippen LogP contribution in [-0.4, -0.2) is 66.2 Å². The fourth-order valence-corrected chi connectivity index (χ4v) is 3.98. The minimum absolute atomic E-state index is 0.0189. The van der Waals surface area contributed by atoms with Crippen molar-refractivity contribution in [3.63, 3.8) is 0 Å². The molecule has 2 amide bonds. The lowest BCUT2D eigenvalue weighted by molar-refractivity contribution is -0.142. The molecular formula is C27H28F2N4O6. The molecule has 2 aromatic carbocycles. The molecule has 3 aromatic rings. The number of hydrogen-bond donors (Lipinski definition) is 1. The Bertz CT molecular complexity index is 1370. The third kappa shape index (κ3) is 7.38. The van der Waals surface area contributed by atoms with Gasteiger partial charge in [-0.15, -0.1) is 0 Å². The zero-order valence-electron chi connectivity index (χ0n) is 21.3. The summed E-state index contributed by atoms with van der Waals surface area (Å²) in [4.78, 5) is 37.5. The predicted octanol–water partition coefficient (Wildman–Crippen LogP) is 3.43.